The monoisotopic (exact) mass is 380 g/mol. The van der Waals surface area contributed by atoms with Crippen molar-refractivity contribution >= 4 is 11.6 Å². The van der Waals surface area contributed by atoms with Crippen LogP contribution in [0.2, 0.25) is 0 Å². The predicted octanol–water partition coefficient (Wildman–Crippen LogP) is 2.30. The van der Waals surface area contributed by atoms with Gasteiger partial charge in [-0.1, -0.05) is 24.3 Å². The lowest BCUT2D eigenvalue weighted by molar-refractivity contribution is 0.0536. The van der Waals surface area contributed by atoms with E-state index in [1.54, 1.807) is 0 Å². The molecule has 2 aromatic rings. The van der Waals surface area contributed by atoms with Gasteiger partial charge in [-0.05, 0) is 48.2 Å². The predicted molar refractivity (Wildman–Crippen MR) is 101 cm³/mol. The zero-order chi connectivity index (χ0) is 18.9. The number of hydrogen-bond acceptors (Lipinski definition) is 5. The largest absolute Gasteiger partial charge is 0.491 e. The fourth-order valence-electron chi connectivity index (χ4n) is 2.40. The van der Waals surface area contributed by atoms with Gasteiger partial charge in [-0.25, -0.2) is 0 Å². The summed E-state index contributed by atoms with van der Waals surface area (Å²) in [7, 11) is 0. The summed E-state index contributed by atoms with van der Waals surface area (Å²) in [5.41, 5.74) is 3.28. The summed E-state index contributed by atoms with van der Waals surface area (Å²) >= 11 is 5.56. The van der Waals surface area contributed by atoms with Crippen LogP contribution in [0.3, 0.4) is 0 Å². The summed E-state index contributed by atoms with van der Waals surface area (Å²) < 4.78 is 11.0. The van der Waals surface area contributed by atoms with Crippen LogP contribution in [0.5, 0.6) is 11.5 Å². The number of benzene rings is 2. The van der Waals surface area contributed by atoms with Crippen molar-refractivity contribution in [3.8, 4) is 11.5 Å². The van der Waals surface area contributed by atoms with Gasteiger partial charge in [0.25, 0.3) is 0 Å². The van der Waals surface area contributed by atoms with Crippen LogP contribution in [0, 0.1) is 6.92 Å². The van der Waals surface area contributed by atoms with Gasteiger partial charge in [0.1, 0.15) is 36.9 Å². The SMILES string of the molecule is Cc1cc(Cc2ccc(OCC(O)CO)cc2)ccc1OCC(O)CCl. The Morgan fingerprint density at radius 2 is 1.58 bits per heavy atom. The molecule has 26 heavy (non-hydrogen) atoms. The molecule has 2 unspecified atom stereocenters. The van der Waals surface area contributed by atoms with Gasteiger partial charge in [-0.3, -0.25) is 0 Å². The fraction of sp³-hybridized carbons (Fsp3) is 0.400. The molecule has 0 heterocycles. The molecule has 0 aliphatic heterocycles. The molecule has 0 aromatic heterocycles. The van der Waals surface area contributed by atoms with Crippen LogP contribution in [-0.4, -0.2) is 53.2 Å². The first-order valence-electron chi connectivity index (χ1n) is 8.48. The molecule has 2 rings (SSSR count). The minimum Gasteiger partial charge on any atom is -0.491 e. The number of hydrogen-bond donors (Lipinski definition) is 3. The Labute approximate surface area is 158 Å². The van der Waals surface area contributed by atoms with Gasteiger partial charge < -0.3 is 24.8 Å². The molecule has 6 heteroatoms. The van der Waals surface area contributed by atoms with Gasteiger partial charge in [0.05, 0.1) is 12.5 Å². The normalized spacial score (nSPS) is 13.3. The molecule has 0 saturated heterocycles. The van der Waals surface area contributed by atoms with E-state index in [4.69, 9.17) is 26.2 Å². The van der Waals surface area contributed by atoms with Crippen LogP contribution >= 0.6 is 11.6 Å². The average Bonchev–Trinajstić information content (AvgIpc) is 2.66. The third kappa shape index (κ3) is 6.50. The van der Waals surface area contributed by atoms with Crippen molar-refractivity contribution in [2.45, 2.75) is 25.6 Å². The Kier molecular flexibility index (Phi) is 8.19. The molecule has 3 N–H and O–H groups in total. The molecule has 2 atom stereocenters. The zero-order valence-corrected chi connectivity index (χ0v) is 15.5. The number of halogens is 1. The van der Waals surface area contributed by atoms with Crippen LogP contribution < -0.4 is 9.47 Å². The lowest BCUT2D eigenvalue weighted by Crippen LogP contribution is -2.21. The highest BCUT2D eigenvalue weighted by Crippen LogP contribution is 2.22. The minimum absolute atomic E-state index is 0.0644. The molecule has 5 nitrogen and oxygen atoms in total. The molecule has 0 fully saturated rings. The van der Waals surface area contributed by atoms with Crippen molar-refractivity contribution < 1.29 is 24.8 Å². The van der Waals surface area contributed by atoms with E-state index in [1.807, 2.05) is 43.3 Å². The van der Waals surface area contributed by atoms with Gasteiger partial charge in [-0.2, -0.15) is 0 Å². The number of rotatable bonds is 10. The fourth-order valence-corrected chi connectivity index (χ4v) is 2.49. The Bertz CT molecular complexity index is 674. The number of ether oxygens (including phenoxy) is 2. The molecule has 0 aliphatic carbocycles. The molecular weight excluding hydrogens is 356 g/mol. The molecule has 0 bridgehead atoms. The maximum absolute atomic E-state index is 9.47. The highest BCUT2D eigenvalue weighted by atomic mass is 35.5. The van der Waals surface area contributed by atoms with E-state index in [0.29, 0.717) is 5.75 Å². The van der Waals surface area contributed by atoms with E-state index in [-0.39, 0.29) is 25.7 Å². The van der Waals surface area contributed by atoms with Crippen molar-refractivity contribution in [2.75, 3.05) is 25.7 Å². The summed E-state index contributed by atoms with van der Waals surface area (Å²) in [4.78, 5) is 0. The number of aryl methyl sites for hydroxylation is 1. The molecule has 142 valence electrons. The maximum Gasteiger partial charge on any atom is 0.122 e. The summed E-state index contributed by atoms with van der Waals surface area (Å²) in [5.74, 6) is 1.54. The Morgan fingerprint density at radius 3 is 2.19 bits per heavy atom. The zero-order valence-electron chi connectivity index (χ0n) is 14.8. The topological polar surface area (TPSA) is 79.2 Å². The van der Waals surface area contributed by atoms with Gasteiger partial charge in [0.15, 0.2) is 0 Å². The lowest BCUT2D eigenvalue weighted by atomic mass is 10.0. The number of aliphatic hydroxyl groups is 3. The molecule has 0 saturated carbocycles. The first-order chi connectivity index (χ1) is 12.5. The highest BCUT2D eigenvalue weighted by molar-refractivity contribution is 6.18. The summed E-state index contributed by atoms with van der Waals surface area (Å²) in [6, 6.07) is 13.6. The van der Waals surface area contributed by atoms with Crippen LogP contribution in [0.1, 0.15) is 16.7 Å². The number of alkyl halides is 1. The van der Waals surface area contributed by atoms with Crippen molar-refractivity contribution in [1.82, 2.24) is 0 Å². The Balaban J connectivity index is 1.92. The van der Waals surface area contributed by atoms with Crippen molar-refractivity contribution in [3.05, 3.63) is 59.2 Å². The van der Waals surface area contributed by atoms with Crippen molar-refractivity contribution in [1.29, 1.82) is 0 Å². The highest BCUT2D eigenvalue weighted by Gasteiger charge is 2.07. The second-order valence-electron chi connectivity index (χ2n) is 6.19. The van der Waals surface area contributed by atoms with E-state index < -0.39 is 12.2 Å². The quantitative estimate of drug-likeness (QED) is 0.551. The van der Waals surface area contributed by atoms with Crippen LogP contribution in [0.4, 0.5) is 0 Å². The van der Waals surface area contributed by atoms with E-state index >= 15 is 0 Å². The van der Waals surface area contributed by atoms with Crippen LogP contribution in [-0.2, 0) is 6.42 Å². The van der Waals surface area contributed by atoms with Crippen molar-refractivity contribution in [2.24, 2.45) is 0 Å². The summed E-state index contributed by atoms with van der Waals surface area (Å²) in [6.45, 7) is 1.89. The molecule has 0 aliphatic rings. The van der Waals surface area contributed by atoms with Crippen LogP contribution in [0.25, 0.3) is 0 Å². The molecule has 0 amide bonds. The molecule has 0 radical (unpaired) electrons. The maximum atomic E-state index is 9.47. The molecule has 0 spiro atoms. The Hall–Kier alpha value is -1.79. The first-order valence-corrected chi connectivity index (χ1v) is 9.02. The van der Waals surface area contributed by atoms with E-state index in [0.717, 1.165) is 28.9 Å². The summed E-state index contributed by atoms with van der Waals surface area (Å²) in [6.07, 6.45) is -0.774. The molecular formula is C20H25ClO5. The van der Waals surface area contributed by atoms with Crippen LogP contribution in [0.15, 0.2) is 42.5 Å². The van der Waals surface area contributed by atoms with Gasteiger partial charge in [0.2, 0.25) is 0 Å². The second-order valence-corrected chi connectivity index (χ2v) is 6.50. The number of aliphatic hydroxyl groups excluding tert-OH is 3. The van der Waals surface area contributed by atoms with E-state index in [9.17, 15) is 10.2 Å². The van der Waals surface area contributed by atoms with E-state index in [1.165, 1.54) is 0 Å². The van der Waals surface area contributed by atoms with E-state index in [2.05, 4.69) is 6.07 Å². The average molecular weight is 381 g/mol. The third-order valence-electron chi connectivity index (χ3n) is 3.83. The smallest absolute Gasteiger partial charge is 0.122 e. The standard InChI is InChI=1S/C20H25ClO5/c1-14-8-16(4-7-20(14)26-12-17(23)10-21)9-15-2-5-19(6-3-15)25-13-18(24)11-22/h2-8,17-18,22-24H,9-13H2,1H3. The summed E-state index contributed by atoms with van der Waals surface area (Å²) in [5, 5.41) is 27.5. The van der Waals surface area contributed by atoms with Gasteiger partial charge >= 0.3 is 0 Å². The third-order valence-corrected chi connectivity index (χ3v) is 4.19. The minimum atomic E-state index is -0.871. The Morgan fingerprint density at radius 1 is 0.923 bits per heavy atom. The van der Waals surface area contributed by atoms with Crippen molar-refractivity contribution in [3.63, 3.8) is 0 Å². The van der Waals surface area contributed by atoms with Gasteiger partial charge in [-0.15, -0.1) is 11.6 Å². The lowest BCUT2D eigenvalue weighted by Gasteiger charge is -2.13. The van der Waals surface area contributed by atoms with Gasteiger partial charge in [0, 0.05) is 0 Å². The molecule has 2 aromatic carbocycles. The second kappa shape index (κ2) is 10.4. The first kappa shape index (κ1) is 20.5.